The van der Waals surface area contributed by atoms with Gasteiger partial charge in [-0.2, -0.15) is 0 Å². The number of aliphatic hydroxyl groups is 1. The average Bonchev–Trinajstić information content (AvgIpc) is 2.29. The standard InChI is InChI=1S/C14H18N2O2/c1-14(2,6-8-17)16-13-12-9-11(18)4-3-10(12)5-7-15-13/h3-5,7,9,17-18H,6,8H2,1-2H3,(H,15,16). The van der Waals surface area contributed by atoms with Crippen molar-refractivity contribution in [1.29, 1.82) is 0 Å². The molecule has 0 bridgehead atoms. The average molecular weight is 246 g/mol. The van der Waals surface area contributed by atoms with Crippen LogP contribution < -0.4 is 5.32 Å². The number of fused-ring (bicyclic) bond motifs is 1. The molecule has 4 nitrogen and oxygen atoms in total. The number of aliphatic hydroxyl groups excluding tert-OH is 1. The van der Waals surface area contributed by atoms with Gasteiger partial charge in [-0.15, -0.1) is 0 Å². The number of hydrogen-bond acceptors (Lipinski definition) is 4. The number of aromatic nitrogens is 1. The maximum absolute atomic E-state index is 9.56. The molecule has 1 aromatic heterocycles. The smallest absolute Gasteiger partial charge is 0.134 e. The van der Waals surface area contributed by atoms with Crippen LogP contribution in [-0.4, -0.2) is 27.3 Å². The fourth-order valence-electron chi connectivity index (χ4n) is 1.92. The summed E-state index contributed by atoms with van der Waals surface area (Å²) in [6.45, 7) is 4.13. The fourth-order valence-corrected chi connectivity index (χ4v) is 1.92. The van der Waals surface area contributed by atoms with E-state index in [1.165, 1.54) is 0 Å². The minimum atomic E-state index is -0.249. The lowest BCUT2D eigenvalue weighted by molar-refractivity contribution is 0.260. The monoisotopic (exact) mass is 246 g/mol. The highest BCUT2D eigenvalue weighted by molar-refractivity contribution is 5.92. The van der Waals surface area contributed by atoms with E-state index in [-0.39, 0.29) is 17.9 Å². The number of aromatic hydroxyl groups is 1. The molecular weight excluding hydrogens is 228 g/mol. The molecule has 0 aliphatic heterocycles. The summed E-state index contributed by atoms with van der Waals surface area (Å²) >= 11 is 0. The Morgan fingerprint density at radius 3 is 2.78 bits per heavy atom. The summed E-state index contributed by atoms with van der Waals surface area (Å²) in [6.07, 6.45) is 2.36. The van der Waals surface area contributed by atoms with E-state index in [0.29, 0.717) is 6.42 Å². The first-order valence-corrected chi connectivity index (χ1v) is 5.99. The Labute approximate surface area is 106 Å². The van der Waals surface area contributed by atoms with Crippen LogP contribution in [0.2, 0.25) is 0 Å². The quantitative estimate of drug-likeness (QED) is 0.775. The molecule has 1 heterocycles. The molecule has 0 radical (unpaired) electrons. The number of phenols is 1. The van der Waals surface area contributed by atoms with Crippen molar-refractivity contribution in [2.45, 2.75) is 25.8 Å². The van der Waals surface area contributed by atoms with Gasteiger partial charge in [-0.05, 0) is 43.9 Å². The van der Waals surface area contributed by atoms with Gasteiger partial charge in [-0.25, -0.2) is 4.98 Å². The lowest BCUT2D eigenvalue weighted by atomic mass is 10.0. The second-order valence-electron chi connectivity index (χ2n) is 5.05. The normalized spacial score (nSPS) is 11.7. The first-order valence-electron chi connectivity index (χ1n) is 5.99. The Balaban J connectivity index is 2.41. The van der Waals surface area contributed by atoms with Crippen molar-refractivity contribution < 1.29 is 10.2 Å². The Kier molecular flexibility index (Phi) is 3.39. The Bertz CT molecular complexity index is 552. The van der Waals surface area contributed by atoms with Gasteiger partial charge in [-0.1, -0.05) is 6.07 Å². The zero-order valence-electron chi connectivity index (χ0n) is 10.6. The third-order valence-corrected chi connectivity index (χ3v) is 2.94. The number of nitrogens with one attached hydrogen (secondary N) is 1. The molecule has 0 aliphatic carbocycles. The van der Waals surface area contributed by atoms with E-state index >= 15 is 0 Å². The van der Waals surface area contributed by atoms with Gasteiger partial charge >= 0.3 is 0 Å². The van der Waals surface area contributed by atoms with Crippen molar-refractivity contribution in [3.05, 3.63) is 30.5 Å². The van der Waals surface area contributed by atoms with Crippen LogP contribution >= 0.6 is 0 Å². The molecular formula is C14H18N2O2. The summed E-state index contributed by atoms with van der Waals surface area (Å²) in [5.41, 5.74) is -0.249. The van der Waals surface area contributed by atoms with Gasteiger partial charge in [-0.3, -0.25) is 0 Å². The Hall–Kier alpha value is -1.81. The van der Waals surface area contributed by atoms with Crippen LogP contribution in [0.4, 0.5) is 5.82 Å². The minimum absolute atomic E-state index is 0.121. The SMILES string of the molecule is CC(C)(CCO)Nc1nccc2ccc(O)cc12. The first kappa shape index (κ1) is 12.6. The fraction of sp³-hybridized carbons (Fsp3) is 0.357. The lowest BCUT2D eigenvalue weighted by Crippen LogP contribution is -2.32. The van der Waals surface area contributed by atoms with Gasteiger partial charge in [0.1, 0.15) is 11.6 Å². The highest BCUT2D eigenvalue weighted by Crippen LogP contribution is 2.27. The molecule has 0 aliphatic rings. The molecule has 2 rings (SSSR count). The van der Waals surface area contributed by atoms with E-state index < -0.39 is 0 Å². The number of benzene rings is 1. The van der Waals surface area contributed by atoms with Crippen molar-refractivity contribution in [1.82, 2.24) is 4.98 Å². The predicted molar refractivity (Wildman–Crippen MR) is 72.8 cm³/mol. The summed E-state index contributed by atoms with van der Waals surface area (Å²) in [4.78, 5) is 4.31. The van der Waals surface area contributed by atoms with Crippen LogP contribution in [0.3, 0.4) is 0 Å². The van der Waals surface area contributed by atoms with Crippen molar-refractivity contribution in [2.75, 3.05) is 11.9 Å². The van der Waals surface area contributed by atoms with E-state index in [2.05, 4.69) is 10.3 Å². The molecule has 0 amide bonds. The Morgan fingerprint density at radius 2 is 2.06 bits per heavy atom. The topological polar surface area (TPSA) is 65.4 Å². The second-order valence-corrected chi connectivity index (χ2v) is 5.05. The second kappa shape index (κ2) is 4.82. The number of hydrogen-bond donors (Lipinski definition) is 3. The number of anilines is 1. The molecule has 4 heteroatoms. The van der Waals surface area contributed by atoms with Gasteiger partial charge < -0.3 is 15.5 Å². The maximum atomic E-state index is 9.56. The number of pyridine rings is 1. The number of nitrogens with zero attached hydrogens (tertiary/aromatic N) is 1. The van der Waals surface area contributed by atoms with E-state index in [0.717, 1.165) is 16.6 Å². The molecule has 0 saturated heterocycles. The summed E-state index contributed by atoms with van der Waals surface area (Å²) in [5, 5.41) is 23.8. The van der Waals surface area contributed by atoms with Crippen molar-refractivity contribution in [3.63, 3.8) is 0 Å². The molecule has 2 aromatic rings. The van der Waals surface area contributed by atoms with E-state index in [1.807, 2.05) is 26.0 Å². The van der Waals surface area contributed by atoms with E-state index in [4.69, 9.17) is 5.11 Å². The van der Waals surface area contributed by atoms with Gasteiger partial charge in [0.25, 0.3) is 0 Å². The van der Waals surface area contributed by atoms with Crippen LogP contribution in [0.1, 0.15) is 20.3 Å². The Morgan fingerprint density at radius 1 is 1.28 bits per heavy atom. The zero-order chi connectivity index (χ0) is 13.2. The van der Waals surface area contributed by atoms with Crippen LogP contribution in [0, 0.1) is 0 Å². The molecule has 0 unspecified atom stereocenters. The summed E-state index contributed by atoms with van der Waals surface area (Å²) in [7, 11) is 0. The molecule has 1 aromatic carbocycles. The van der Waals surface area contributed by atoms with E-state index in [1.54, 1.807) is 18.3 Å². The van der Waals surface area contributed by atoms with Crippen LogP contribution in [-0.2, 0) is 0 Å². The molecule has 0 spiro atoms. The number of phenolic OH excluding ortho intramolecular Hbond substituents is 1. The maximum Gasteiger partial charge on any atom is 0.134 e. The van der Waals surface area contributed by atoms with Crippen LogP contribution in [0.5, 0.6) is 5.75 Å². The number of rotatable bonds is 4. The summed E-state index contributed by atoms with van der Waals surface area (Å²) in [5.74, 6) is 0.945. The summed E-state index contributed by atoms with van der Waals surface area (Å²) < 4.78 is 0. The van der Waals surface area contributed by atoms with Gasteiger partial charge in [0.15, 0.2) is 0 Å². The van der Waals surface area contributed by atoms with Gasteiger partial charge in [0.05, 0.1) is 0 Å². The van der Waals surface area contributed by atoms with Crippen molar-refractivity contribution in [2.24, 2.45) is 0 Å². The molecule has 18 heavy (non-hydrogen) atoms. The van der Waals surface area contributed by atoms with Crippen LogP contribution in [0.15, 0.2) is 30.5 Å². The molecule has 0 saturated carbocycles. The zero-order valence-corrected chi connectivity index (χ0v) is 10.6. The molecule has 0 atom stereocenters. The lowest BCUT2D eigenvalue weighted by Gasteiger charge is -2.26. The van der Waals surface area contributed by atoms with Gasteiger partial charge in [0.2, 0.25) is 0 Å². The van der Waals surface area contributed by atoms with Crippen LogP contribution in [0.25, 0.3) is 10.8 Å². The predicted octanol–water partition coefficient (Wildman–Crippen LogP) is 2.51. The summed E-state index contributed by atoms with van der Waals surface area (Å²) in [6, 6.07) is 7.11. The first-order chi connectivity index (χ1) is 8.52. The molecule has 96 valence electrons. The van der Waals surface area contributed by atoms with Crippen molar-refractivity contribution in [3.8, 4) is 5.75 Å². The van der Waals surface area contributed by atoms with Gasteiger partial charge in [0, 0.05) is 23.7 Å². The van der Waals surface area contributed by atoms with Crippen molar-refractivity contribution >= 4 is 16.6 Å². The molecule has 0 fully saturated rings. The highest BCUT2D eigenvalue weighted by Gasteiger charge is 2.18. The molecule has 3 N–H and O–H groups in total. The third kappa shape index (κ3) is 2.71. The largest absolute Gasteiger partial charge is 0.508 e. The highest BCUT2D eigenvalue weighted by atomic mass is 16.3. The third-order valence-electron chi connectivity index (χ3n) is 2.94. The minimum Gasteiger partial charge on any atom is -0.508 e. The van der Waals surface area contributed by atoms with E-state index in [9.17, 15) is 5.11 Å².